The molecule has 1 fully saturated rings. The third-order valence-electron chi connectivity index (χ3n) is 3.86. The van der Waals surface area contributed by atoms with Gasteiger partial charge in [0.15, 0.2) is 0 Å². The first-order valence-electron chi connectivity index (χ1n) is 7.13. The Kier molecular flexibility index (Phi) is 5.13. The average Bonchev–Trinajstić information content (AvgIpc) is 2.39. The minimum Gasteiger partial charge on any atom is -0.317 e. The smallest absolute Gasteiger partial charge is 0.00747 e. The van der Waals surface area contributed by atoms with Crippen molar-refractivity contribution < 1.29 is 0 Å². The highest BCUT2D eigenvalue weighted by Gasteiger charge is 2.20. The zero-order valence-electron chi connectivity index (χ0n) is 11.8. The predicted octanol–water partition coefficient (Wildman–Crippen LogP) is 4.43. The van der Waals surface area contributed by atoms with Gasteiger partial charge in [-0.3, -0.25) is 0 Å². The van der Waals surface area contributed by atoms with Crippen molar-refractivity contribution in [2.24, 2.45) is 0 Å². The molecule has 0 aliphatic heterocycles. The molecular formula is C16H25NS. The number of nitrogens with one attached hydrogen (secondary N) is 1. The molecule has 100 valence electrons. The zero-order chi connectivity index (χ0) is 13.0. The highest BCUT2D eigenvalue weighted by Crippen LogP contribution is 2.34. The Balaban J connectivity index is 1.93. The molecular weight excluding hydrogens is 238 g/mol. The van der Waals surface area contributed by atoms with E-state index in [0.29, 0.717) is 5.25 Å². The molecule has 2 rings (SSSR count). The third kappa shape index (κ3) is 3.76. The van der Waals surface area contributed by atoms with Crippen LogP contribution in [0.3, 0.4) is 0 Å². The van der Waals surface area contributed by atoms with E-state index in [-0.39, 0.29) is 0 Å². The molecule has 0 saturated heterocycles. The van der Waals surface area contributed by atoms with Crippen molar-refractivity contribution in [3.63, 3.8) is 0 Å². The zero-order valence-corrected chi connectivity index (χ0v) is 12.6. The molecule has 2 heteroatoms. The Hall–Kier alpha value is -0.470. The second-order valence-electron chi connectivity index (χ2n) is 5.57. The van der Waals surface area contributed by atoms with E-state index >= 15 is 0 Å². The molecule has 1 aliphatic carbocycles. The van der Waals surface area contributed by atoms with E-state index in [4.69, 9.17) is 0 Å². The summed E-state index contributed by atoms with van der Waals surface area (Å²) in [5, 5.41) is 4.07. The summed E-state index contributed by atoms with van der Waals surface area (Å²) in [6.07, 6.45) is 5.32. The van der Waals surface area contributed by atoms with Gasteiger partial charge in [0.25, 0.3) is 0 Å². The van der Waals surface area contributed by atoms with Gasteiger partial charge in [0.1, 0.15) is 0 Å². The first-order chi connectivity index (χ1) is 8.69. The SMILES string of the molecule is CNC1CCC(c2ccc(SC(C)C)cc2)CC1. The topological polar surface area (TPSA) is 12.0 Å². The normalized spacial score (nSPS) is 24.4. The molecule has 0 heterocycles. The van der Waals surface area contributed by atoms with Gasteiger partial charge in [-0.1, -0.05) is 26.0 Å². The van der Waals surface area contributed by atoms with Crippen molar-refractivity contribution in [3.05, 3.63) is 29.8 Å². The van der Waals surface area contributed by atoms with Crippen molar-refractivity contribution in [1.82, 2.24) is 5.32 Å². The van der Waals surface area contributed by atoms with Gasteiger partial charge in [-0.2, -0.15) is 0 Å². The first kappa shape index (κ1) is 14.0. The van der Waals surface area contributed by atoms with Gasteiger partial charge in [0.2, 0.25) is 0 Å². The monoisotopic (exact) mass is 263 g/mol. The van der Waals surface area contributed by atoms with Crippen LogP contribution in [0.1, 0.15) is 51.0 Å². The second-order valence-corrected chi connectivity index (χ2v) is 7.22. The van der Waals surface area contributed by atoms with E-state index in [0.717, 1.165) is 12.0 Å². The molecule has 0 unspecified atom stereocenters. The fourth-order valence-corrected chi connectivity index (χ4v) is 3.64. The van der Waals surface area contributed by atoms with E-state index in [1.54, 1.807) is 0 Å². The molecule has 1 aliphatic rings. The molecule has 0 bridgehead atoms. The van der Waals surface area contributed by atoms with E-state index in [1.807, 2.05) is 11.8 Å². The number of hydrogen-bond donors (Lipinski definition) is 1. The molecule has 1 N–H and O–H groups in total. The molecule has 1 nitrogen and oxygen atoms in total. The van der Waals surface area contributed by atoms with E-state index in [9.17, 15) is 0 Å². The Morgan fingerprint density at radius 2 is 1.67 bits per heavy atom. The lowest BCUT2D eigenvalue weighted by Gasteiger charge is -2.28. The van der Waals surface area contributed by atoms with Gasteiger partial charge in [0.05, 0.1) is 0 Å². The fourth-order valence-electron chi connectivity index (χ4n) is 2.81. The molecule has 0 spiro atoms. The second kappa shape index (κ2) is 6.63. The van der Waals surface area contributed by atoms with Crippen LogP contribution in [0.2, 0.25) is 0 Å². The Labute approximate surface area is 116 Å². The first-order valence-corrected chi connectivity index (χ1v) is 8.01. The van der Waals surface area contributed by atoms with E-state index in [2.05, 4.69) is 50.5 Å². The molecule has 1 saturated carbocycles. The average molecular weight is 263 g/mol. The molecule has 1 aromatic rings. The van der Waals surface area contributed by atoms with Crippen molar-refractivity contribution >= 4 is 11.8 Å². The van der Waals surface area contributed by atoms with E-state index < -0.39 is 0 Å². The minimum atomic E-state index is 0.668. The highest BCUT2D eigenvalue weighted by molar-refractivity contribution is 7.99. The minimum absolute atomic E-state index is 0.668. The Morgan fingerprint density at radius 1 is 1.06 bits per heavy atom. The maximum absolute atomic E-state index is 3.40. The molecule has 0 amide bonds. The van der Waals surface area contributed by atoms with Gasteiger partial charge < -0.3 is 5.32 Å². The molecule has 0 aromatic heterocycles. The van der Waals surface area contributed by atoms with Crippen LogP contribution in [0.4, 0.5) is 0 Å². The number of hydrogen-bond acceptors (Lipinski definition) is 2. The third-order valence-corrected chi connectivity index (χ3v) is 4.87. The molecule has 18 heavy (non-hydrogen) atoms. The Bertz CT molecular complexity index is 350. The van der Waals surface area contributed by atoms with Gasteiger partial charge in [-0.05, 0) is 56.3 Å². The maximum atomic E-state index is 3.40. The fraction of sp³-hybridized carbons (Fsp3) is 0.625. The van der Waals surface area contributed by atoms with Crippen LogP contribution < -0.4 is 5.32 Å². The van der Waals surface area contributed by atoms with Crippen molar-refractivity contribution in [2.75, 3.05) is 7.05 Å². The predicted molar refractivity (Wildman–Crippen MR) is 81.5 cm³/mol. The molecule has 1 aromatic carbocycles. The summed E-state index contributed by atoms with van der Waals surface area (Å²) in [6.45, 7) is 4.50. The van der Waals surface area contributed by atoms with Crippen LogP contribution in [0.25, 0.3) is 0 Å². The molecule has 0 radical (unpaired) electrons. The van der Waals surface area contributed by atoms with Gasteiger partial charge in [0, 0.05) is 16.2 Å². The van der Waals surface area contributed by atoms with Crippen LogP contribution in [0, 0.1) is 0 Å². The van der Waals surface area contributed by atoms with Crippen LogP contribution in [0.15, 0.2) is 29.2 Å². The molecule has 0 atom stereocenters. The summed E-state index contributed by atoms with van der Waals surface area (Å²) >= 11 is 1.95. The summed E-state index contributed by atoms with van der Waals surface area (Å²) in [5.41, 5.74) is 1.54. The van der Waals surface area contributed by atoms with Crippen LogP contribution >= 0.6 is 11.8 Å². The largest absolute Gasteiger partial charge is 0.317 e. The lowest BCUT2D eigenvalue weighted by atomic mass is 9.82. The Morgan fingerprint density at radius 3 is 2.17 bits per heavy atom. The van der Waals surface area contributed by atoms with Crippen LogP contribution in [0.5, 0.6) is 0 Å². The lowest BCUT2D eigenvalue weighted by molar-refractivity contribution is 0.358. The summed E-state index contributed by atoms with van der Waals surface area (Å²) in [4.78, 5) is 1.40. The summed E-state index contributed by atoms with van der Waals surface area (Å²) in [6, 6.07) is 10.0. The quantitative estimate of drug-likeness (QED) is 0.806. The highest BCUT2D eigenvalue weighted by atomic mass is 32.2. The van der Waals surface area contributed by atoms with Crippen molar-refractivity contribution in [2.45, 2.75) is 61.6 Å². The lowest BCUT2D eigenvalue weighted by Crippen LogP contribution is -2.29. The number of thioether (sulfide) groups is 1. The summed E-state index contributed by atoms with van der Waals surface area (Å²) in [7, 11) is 2.09. The summed E-state index contributed by atoms with van der Waals surface area (Å²) in [5.74, 6) is 0.785. The van der Waals surface area contributed by atoms with Crippen molar-refractivity contribution in [3.8, 4) is 0 Å². The van der Waals surface area contributed by atoms with Crippen molar-refractivity contribution in [1.29, 1.82) is 0 Å². The maximum Gasteiger partial charge on any atom is 0.00747 e. The van der Waals surface area contributed by atoms with Crippen LogP contribution in [-0.2, 0) is 0 Å². The van der Waals surface area contributed by atoms with E-state index in [1.165, 1.54) is 36.1 Å². The van der Waals surface area contributed by atoms with Gasteiger partial charge in [-0.25, -0.2) is 0 Å². The standard InChI is InChI=1S/C16H25NS/c1-12(2)18-16-10-6-14(7-11-16)13-4-8-15(17-3)9-5-13/h6-7,10-13,15,17H,4-5,8-9H2,1-3H3. The summed E-state index contributed by atoms with van der Waals surface area (Å²) < 4.78 is 0. The number of benzene rings is 1. The number of rotatable bonds is 4. The van der Waals surface area contributed by atoms with Gasteiger partial charge >= 0.3 is 0 Å². The van der Waals surface area contributed by atoms with Gasteiger partial charge in [-0.15, -0.1) is 11.8 Å². The van der Waals surface area contributed by atoms with Crippen LogP contribution in [-0.4, -0.2) is 18.3 Å².